The van der Waals surface area contributed by atoms with Gasteiger partial charge in [0.05, 0.1) is 10.6 Å². The number of carboxylic acids is 1. The van der Waals surface area contributed by atoms with Crippen molar-refractivity contribution in [2.24, 2.45) is 0 Å². The van der Waals surface area contributed by atoms with E-state index in [0.717, 1.165) is 6.07 Å². The number of nitrogens with two attached hydrogens (primary N) is 1. The standard InChI is InChI=1S/C7H5ClF2N2O2/c8-3-1-2(5(9)10)4(7(13)14)12-6(3)11/h1,5H,(H2,11,12)(H,13,14). The molecular formula is C7H5ClF2N2O2. The highest BCUT2D eigenvalue weighted by atomic mass is 35.5. The van der Waals surface area contributed by atoms with E-state index >= 15 is 0 Å². The molecule has 0 aliphatic carbocycles. The number of anilines is 1. The number of aromatic nitrogens is 1. The minimum Gasteiger partial charge on any atom is -0.476 e. The molecule has 0 unspecified atom stereocenters. The monoisotopic (exact) mass is 222 g/mol. The van der Waals surface area contributed by atoms with E-state index in [-0.39, 0.29) is 10.8 Å². The first-order valence-electron chi connectivity index (χ1n) is 3.41. The average Bonchev–Trinajstić information content (AvgIpc) is 2.08. The molecule has 7 heteroatoms. The van der Waals surface area contributed by atoms with E-state index in [2.05, 4.69) is 4.98 Å². The summed E-state index contributed by atoms with van der Waals surface area (Å²) in [5, 5.41) is 8.35. The van der Waals surface area contributed by atoms with Gasteiger partial charge in [0.15, 0.2) is 5.69 Å². The van der Waals surface area contributed by atoms with Gasteiger partial charge in [0.1, 0.15) is 5.82 Å². The van der Waals surface area contributed by atoms with Gasteiger partial charge in [-0.15, -0.1) is 0 Å². The van der Waals surface area contributed by atoms with Gasteiger partial charge < -0.3 is 10.8 Å². The molecule has 0 aliphatic rings. The third-order valence-electron chi connectivity index (χ3n) is 1.47. The van der Waals surface area contributed by atoms with Crippen LogP contribution in [-0.2, 0) is 0 Å². The lowest BCUT2D eigenvalue weighted by molar-refractivity contribution is 0.0677. The Balaban J connectivity index is 3.39. The van der Waals surface area contributed by atoms with Gasteiger partial charge in [-0.2, -0.15) is 0 Å². The quantitative estimate of drug-likeness (QED) is 0.802. The third kappa shape index (κ3) is 1.90. The molecule has 0 saturated carbocycles. The zero-order chi connectivity index (χ0) is 10.9. The van der Waals surface area contributed by atoms with Crippen LogP contribution in [0.15, 0.2) is 6.07 Å². The van der Waals surface area contributed by atoms with Gasteiger partial charge in [0, 0.05) is 0 Å². The Kier molecular flexibility index (Phi) is 2.85. The molecule has 1 heterocycles. The number of rotatable bonds is 2. The molecule has 0 atom stereocenters. The molecule has 1 rings (SSSR count). The summed E-state index contributed by atoms with van der Waals surface area (Å²) >= 11 is 5.42. The van der Waals surface area contributed by atoms with Gasteiger partial charge in [-0.25, -0.2) is 18.6 Å². The van der Waals surface area contributed by atoms with Crippen LogP contribution in [0, 0.1) is 0 Å². The molecule has 14 heavy (non-hydrogen) atoms. The minimum atomic E-state index is -2.95. The molecular weight excluding hydrogens is 218 g/mol. The van der Waals surface area contributed by atoms with E-state index in [1.807, 2.05) is 0 Å². The molecule has 3 N–H and O–H groups in total. The van der Waals surface area contributed by atoms with Crippen LogP contribution in [0.1, 0.15) is 22.5 Å². The molecule has 0 aliphatic heterocycles. The van der Waals surface area contributed by atoms with Crippen molar-refractivity contribution in [3.63, 3.8) is 0 Å². The third-order valence-corrected chi connectivity index (χ3v) is 1.77. The second-order valence-corrected chi connectivity index (χ2v) is 2.81. The van der Waals surface area contributed by atoms with Crippen LogP contribution < -0.4 is 5.73 Å². The van der Waals surface area contributed by atoms with E-state index < -0.39 is 23.7 Å². The van der Waals surface area contributed by atoms with Crippen LogP contribution in [0.2, 0.25) is 5.02 Å². The number of halogens is 3. The smallest absolute Gasteiger partial charge is 0.355 e. The maximum atomic E-state index is 12.3. The van der Waals surface area contributed by atoms with Crippen LogP contribution in [0.5, 0.6) is 0 Å². The van der Waals surface area contributed by atoms with E-state index in [1.165, 1.54) is 0 Å². The van der Waals surface area contributed by atoms with Crippen LogP contribution in [0.4, 0.5) is 14.6 Å². The van der Waals surface area contributed by atoms with Crippen molar-refractivity contribution in [1.82, 2.24) is 4.98 Å². The molecule has 4 nitrogen and oxygen atoms in total. The highest BCUT2D eigenvalue weighted by Gasteiger charge is 2.21. The number of hydrogen-bond acceptors (Lipinski definition) is 3. The number of aromatic carboxylic acids is 1. The van der Waals surface area contributed by atoms with Crippen molar-refractivity contribution in [3.8, 4) is 0 Å². The largest absolute Gasteiger partial charge is 0.476 e. The fourth-order valence-electron chi connectivity index (χ4n) is 0.855. The molecule has 0 fully saturated rings. The lowest BCUT2D eigenvalue weighted by Crippen LogP contribution is -2.08. The summed E-state index contributed by atoms with van der Waals surface area (Å²) < 4.78 is 24.6. The lowest BCUT2D eigenvalue weighted by Gasteiger charge is -2.06. The van der Waals surface area contributed by atoms with Crippen molar-refractivity contribution >= 4 is 23.4 Å². The van der Waals surface area contributed by atoms with Crippen LogP contribution in [-0.4, -0.2) is 16.1 Å². The SMILES string of the molecule is Nc1nc(C(=O)O)c(C(F)F)cc1Cl. The molecule has 0 saturated heterocycles. The van der Waals surface area contributed by atoms with Crippen LogP contribution in [0.3, 0.4) is 0 Å². The molecule has 0 radical (unpaired) electrons. The highest BCUT2D eigenvalue weighted by molar-refractivity contribution is 6.32. The van der Waals surface area contributed by atoms with Crippen LogP contribution in [0.25, 0.3) is 0 Å². The zero-order valence-electron chi connectivity index (χ0n) is 6.67. The Morgan fingerprint density at radius 1 is 1.64 bits per heavy atom. The van der Waals surface area contributed by atoms with E-state index in [0.29, 0.717) is 0 Å². The first kappa shape index (κ1) is 10.6. The highest BCUT2D eigenvalue weighted by Crippen LogP contribution is 2.27. The van der Waals surface area contributed by atoms with Crippen molar-refractivity contribution in [1.29, 1.82) is 0 Å². The molecule has 0 aromatic carbocycles. The molecule has 0 spiro atoms. The summed E-state index contributed by atoms with van der Waals surface area (Å²) in [7, 11) is 0. The summed E-state index contributed by atoms with van der Waals surface area (Å²) in [5.41, 5.74) is 3.66. The summed E-state index contributed by atoms with van der Waals surface area (Å²) in [6.07, 6.45) is -2.95. The maximum absolute atomic E-state index is 12.3. The molecule has 76 valence electrons. The Bertz CT molecular complexity index is 384. The summed E-state index contributed by atoms with van der Waals surface area (Å²) in [4.78, 5) is 13.8. The number of nitrogens with zero attached hydrogens (tertiary/aromatic N) is 1. The summed E-state index contributed by atoms with van der Waals surface area (Å²) in [6, 6.07) is 0.804. The minimum absolute atomic E-state index is 0.190. The van der Waals surface area contributed by atoms with Gasteiger partial charge in [-0.1, -0.05) is 11.6 Å². The Morgan fingerprint density at radius 3 is 2.64 bits per heavy atom. The average molecular weight is 223 g/mol. The Labute approximate surface area is 82.3 Å². The zero-order valence-corrected chi connectivity index (χ0v) is 7.42. The Hall–Kier alpha value is -1.43. The Morgan fingerprint density at radius 2 is 2.21 bits per heavy atom. The summed E-state index contributed by atoms with van der Waals surface area (Å²) in [6.45, 7) is 0. The normalized spacial score (nSPS) is 10.6. The first-order valence-corrected chi connectivity index (χ1v) is 3.78. The lowest BCUT2D eigenvalue weighted by atomic mass is 10.2. The van der Waals surface area contributed by atoms with Crippen LogP contribution >= 0.6 is 11.6 Å². The van der Waals surface area contributed by atoms with Crippen molar-refractivity contribution < 1.29 is 18.7 Å². The van der Waals surface area contributed by atoms with E-state index in [4.69, 9.17) is 22.4 Å². The van der Waals surface area contributed by atoms with Crippen molar-refractivity contribution in [3.05, 3.63) is 22.3 Å². The van der Waals surface area contributed by atoms with Gasteiger partial charge in [-0.3, -0.25) is 0 Å². The number of carbonyl (C=O) groups is 1. The van der Waals surface area contributed by atoms with E-state index in [1.54, 1.807) is 0 Å². The number of hydrogen-bond donors (Lipinski definition) is 2. The number of carboxylic acid groups (broad SMARTS) is 1. The first-order chi connectivity index (χ1) is 6.43. The molecule has 1 aromatic heterocycles. The maximum Gasteiger partial charge on any atom is 0.355 e. The second-order valence-electron chi connectivity index (χ2n) is 2.40. The van der Waals surface area contributed by atoms with Crippen molar-refractivity contribution in [2.75, 3.05) is 5.73 Å². The van der Waals surface area contributed by atoms with Gasteiger partial charge in [0.25, 0.3) is 6.43 Å². The van der Waals surface area contributed by atoms with E-state index in [9.17, 15) is 13.6 Å². The predicted molar refractivity (Wildman–Crippen MR) is 45.6 cm³/mol. The molecule has 0 amide bonds. The summed E-state index contributed by atoms with van der Waals surface area (Å²) in [5.74, 6) is -1.85. The number of pyridine rings is 1. The molecule has 0 bridgehead atoms. The second kappa shape index (κ2) is 3.75. The van der Waals surface area contributed by atoms with Gasteiger partial charge in [-0.05, 0) is 6.07 Å². The predicted octanol–water partition coefficient (Wildman–Crippen LogP) is 1.95. The number of nitrogen functional groups attached to an aromatic ring is 1. The van der Waals surface area contributed by atoms with Gasteiger partial charge >= 0.3 is 5.97 Å². The fraction of sp³-hybridized carbons (Fsp3) is 0.143. The van der Waals surface area contributed by atoms with Crippen molar-refractivity contribution in [2.45, 2.75) is 6.43 Å². The fourth-order valence-corrected chi connectivity index (χ4v) is 1.01. The molecule has 1 aromatic rings. The van der Waals surface area contributed by atoms with Gasteiger partial charge in [0.2, 0.25) is 0 Å². The topological polar surface area (TPSA) is 76.2 Å². The number of alkyl halides is 2.